The third kappa shape index (κ3) is 6.22. The molecule has 0 bridgehead atoms. The lowest BCUT2D eigenvalue weighted by atomic mass is 10.1. The molecular formula is C23H22Cl2N2O5S. The summed E-state index contributed by atoms with van der Waals surface area (Å²) in [6.45, 7) is 5.54. The molecule has 0 saturated carbocycles. The van der Waals surface area contributed by atoms with Crippen LogP contribution in [0, 0.1) is 0 Å². The van der Waals surface area contributed by atoms with Crippen molar-refractivity contribution >= 4 is 63.8 Å². The highest BCUT2D eigenvalue weighted by molar-refractivity contribution is 8.18. The van der Waals surface area contributed by atoms with Gasteiger partial charge in [-0.1, -0.05) is 35.3 Å². The predicted molar refractivity (Wildman–Crippen MR) is 131 cm³/mol. The zero-order valence-electron chi connectivity index (χ0n) is 18.2. The first kappa shape index (κ1) is 25.0. The predicted octanol–water partition coefficient (Wildman–Crippen LogP) is 5.85. The number of benzene rings is 2. The number of hydrogen-bond donors (Lipinski definition) is 1. The quantitative estimate of drug-likeness (QED) is 0.449. The Hall–Kier alpha value is -2.68. The topological polar surface area (TPSA) is 84.9 Å². The molecule has 3 amide bonds. The van der Waals surface area contributed by atoms with Gasteiger partial charge in [0.15, 0.2) is 11.5 Å². The Kier molecular flexibility index (Phi) is 8.29. The fourth-order valence-electron chi connectivity index (χ4n) is 2.97. The summed E-state index contributed by atoms with van der Waals surface area (Å²) >= 11 is 13.2. The van der Waals surface area contributed by atoms with Crippen molar-refractivity contribution in [3.63, 3.8) is 0 Å². The van der Waals surface area contributed by atoms with Crippen LogP contribution in [0.2, 0.25) is 10.0 Å². The van der Waals surface area contributed by atoms with Gasteiger partial charge in [-0.05, 0) is 68.4 Å². The summed E-state index contributed by atoms with van der Waals surface area (Å²) in [4.78, 5) is 38.6. The second-order valence-corrected chi connectivity index (χ2v) is 9.03. The van der Waals surface area contributed by atoms with E-state index in [9.17, 15) is 14.4 Å². The molecule has 1 N–H and O–H groups in total. The summed E-state index contributed by atoms with van der Waals surface area (Å²) in [5.74, 6) is -0.266. The Balaban J connectivity index is 1.79. The van der Waals surface area contributed by atoms with Crippen molar-refractivity contribution in [1.29, 1.82) is 0 Å². The average Bonchev–Trinajstić information content (AvgIpc) is 2.99. The van der Waals surface area contributed by atoms with Crippen molar-refractivity contribution in [3.8, 4) is 11.5 Å². The van der Waals surface area contributed by atoms with Gasteiger partial charge in [0, 0.05) is 0 Å². The van der Waals surface area contributed by atoms with Gasteiger partial charge in [-0.2, -0.15) is 0 Å². The van der Waals surface area contributed by atoms with Gasteiger partial charge >= 0.3 is 0 Å². The van der Waals surface area contributed by atoms with Gasteiger partial charge in [0.2, 0.25) is 5.91 Å². The van der Waals surface area contributed by atoms with Gasteiger partial charge in [0.1, 0.15) is 6.54 Å². The Morgan fingerprint density at radius 1 is 1.18 bits per heavy atom. The van der Waals surface area contributed by atoms with Crippen LogP contribution in [0.25, 0.3) is 6.08 Å². The number of carbonyl (C=O) groups excluding carboxylic acids is 3. The molecule has 1 fully saturated rings. The fourth-order valence-corrected chi connectivity index (χ4v) is 4.25. The maximum Gasteiger partial charge on any atom is 0.294 e. The lowest BCUT2D eigenvalue weighted by Gasteiger charge is -2.16. The molecule has 2 aromatic rings. The molecule has 2 aromatic carbocycles. The minimum absolute atomic E-state index is 0.110. The fraction of sp³-hybridized carbons (Fsp3) is 0.261. The smallest absolute Gasteiger partial charge is 0.294 e. The molecule has 3 rings (SSSR count). The molecule has 0 atom stereocenters. The van der Waals surface area contributed by atoms with E-state index in [0.717, 1.165) is 16.7 Å². The number of nitrogens with zero attached hydrogens (tertiary/aromatic N) is 1. The molecule has 0 radical (unpaired) electrons. The van der Waals surface area contributed by atoms with Crippen molar-refractivity contribution in [2.75, 3.05) is 18.5 Å². The number of halogens is 2. The van der Waals surface area contributed by atoms with Crippen LogP contribution in [0.5, 0.6) is 11.5 Å². The van der Waals surface area contributed by atoms with Crippen LogP contribution in [0.3, 0.4) is 0 Å². The minimum atomic E-state index is -0.573. The molecule has 1 saturated heterocycles. The first-order valence-corrected chi connectivity index (χ1v) is 11.7. The monoisotopic (exact) mass is 508 g/mol. The van der Waals surface area contributed by atoms with Gasteiger partial charge in [-0.3, -0.25) is 19.3 Å². The summed E-state index contributed by atoms with van der Waals surface area (Å²) < 4.78 is 11.4. The zero-order valence-corrected chi connectivity index (χ0v) is 20.5. The molecule has 1 heterocycles. The molecule has 0 aliphatic carbocycles. The number of nitrogens with one attached hydrogen (secondary N) is 1. The highest BCUT2D eigenvalue weighted by Crippen LogP contribution is 2.39. The van der Waals surface area contributed by atoms with Gasteiger partial charge in [0.25, 0.3) is 11.1 Å². The maximum atomic E-state index is 12.8. The number of imide groups is 1. The van der Waals surface area contributed by atoms with Crippen LogP contribution in [0.4, 0.5) is 10.5 Å². The first-order valence-electron chi connectivity index (χ1n) is 10.1. The van der Waals surface area contributed by atoms with Crippen LogP contribution in [0.15, 0.2) is 41.3 Å². The third-order valence-electron chi connectivity index (χ3n) is 4.31. The number of para-hydroxylation sites is 1. The average molecular weight is 509 g/mol. The van der Waals surface area contributed by atoms with Crippen LogP contribution in [-0.4, -0.2) is 41.2 Å². The van der Waals surface area contributed by atoms with Crippen LogP contribution in [-0.2, 0) is 9.59 Å². The maximum absolute atomic E-state index is 12.8. The second kappa shape index (κ2) is 11.0. The van der Waals surface area contributed by atoms with E-state index in [1.54, 1.807) is 36.4 Å². The Morgan fingerprint density at radius 2 is 1.91 bits per heavy atom. The molecule has 0 aromatic heterocycles. The van der Waals surface area contributed by atoms with Gasteiger partial charge < -0.3 is 14.8 Å². The number of thioether (sulfide) groups is 1. The normalized spacial score (nSPS) is 14.8. The van der Waals surface area contributed by atoms with Crippen molar-refractivity contribution in [2.45, 2.75) is 26.9 Å². The largest absolute Gasteiger partial charge is 0.490 e. The molecule has 7 nitrogen and oxygen atoms in total. The van der Waals surface area contributed by atoms with Gasteiger partial charge in [-0.25, -0.2) is 0 Å². The van der Waals surface area contributed by atoms with E-state index < -0.39 is 23.6 Å². The number of amides is 3. The molecule has 10 heteroatoms. The van der Waals surface area contributed by atoms with Crippen molar-refractivity contribution in [3.05, 3.63) is 56.9 Å². The number of rotatable bonds is 8. The van der Waals surface area contributed by atoms with Crippen molar-refractivity contribution in [1.82, 2.24) is 4.90 Å². The summed E-state index contributed by atoms with van der Waals surface area (Å²) in [6.07, 6.45) is 1.42. The molecule has 33 heavy (non-hydrogen) atoms. The molecule has 174 valence electrons. The van der Waals surface area contributed by atoms with E-state index in [1.165, 1.54) is 6.08 Å². The Bertz CT molecular complexity index is 1120. The standard InChI is InChI=1S/C23H22Cl2N2O5S/c1-4-31-18-10-14(9-16(25)21(18)32-13(2)3)11-19-22(29)27(23(30)33-19)12-20(28)26-17-8-6-5-7-15(17)24/h5-11,13H,4,12H2,1-3H3,(H,26,28)/b19-11+. The number of anilines is 1. The summed E-state index contributed by atoms with van der Waals surface area (Å²) in [5, 5.41) is 2.73. The summed E-state index contributed by atoms with van der Waals surface area (Å²) in [6, 6.07) is 10.00. The third-order valence-corrected chi connectivity index (χ3v) is 5.82. The van der Waals surface area contributed by atoms with E-state index >= 15 is 0 Å². The summed E-state index contributed by atoms with van der Waals surface area (Å²) in [7, 11) is 0. The Morgan fingerprint density at radius 3 is 2.58 bits per heavy atom. The molecule has 1 aliphatic heterocycles. The molecule has 0 unspecified atom stereocenters. The zero-order chi connectivity index (χ0) is 24.1. The van der Waals surface area contributed by atoms with E-state index in [1.807, 2.05) is 20.8 Å². The molecular weight excluding hydrogens is 487 g/mol. The van der Waals surface area contributed by atoms with Crippen LogP contribution in [0.1, 0.15) is 26.3 Å². The first-order chi connectivity index (χ1) is 15.7. The van der Waals surface area contributed by atoms with Crippen LogP contribution >= 0.6 is 35.0 Å². The Labute approximate surface area is 206 Å². The molecule has 1 aliphatic rings. The van der Waals surface area contributed by atoms with E-state index in [4.69, 9.17) is 32.7 Å². The number of carbonyl (C=O) groups is 3. The SMILES string of the molecule is CCOc1cc(/C=C2/SC(=O)N(CC(=O)Nc3ccccc3Cl)C2=O)cc(Cl)c1OC(C)C. The highest BCUT2D eigenvalue weighted by Gasteiger charge is 2.36. The van der Waals surface area contributed by atoms with E-state index in [2.05, 4.69) is 5.32 Å². The second-order valence-electron chi connectivity index (χ2n) is 7.23. The van der Waals surface area contributed by atoms with E-state index in [-0.39, 0.29) is 11.0 Å². The number of hydrogen-bond acceptors (Lipinski definition) is 6. The van der Waals surface area contributed by atoms with Crippen molar-refractivity contribution < 1.29 is 23.9 Å². The van der Waals surface area contributed by atoms with Gasteiger partial charge in [-0.15, -0.1) is 0 Å². The van der Waals surface area contributed by atoms with Crippen LogP contribution < -0.4 is 14.8 Å². The lowest BCUT2D eigenvalue weighted by Crippen LogP contribution is -2.36. The van der Waals surface area contributed by atoms with Gasteiger partial charge in [0.05, 0.1) is 33.3 Å². The molecule has 0 spiro atoms. The van der Waals surface area contributed by atoms with Crippen molar-refractivity contribution in [2.24, 2.45) is 0 Å². The minimum Gasteiger partial charge on any atom is -0.490 e. The van der Waals surface area contributed by atoms with E-state index in [0.29, 0.717) is 39.4 Å². The number of ether oxygens (including phenoxy) is 2. The lowest BCUT2D eigenvalue weighted by molar-refractivity contribution is -0.127. The summed E-state index contributed by atoms with van der Waals surface area (Å²) in [5.41, 5.74) is 0.957. The highest BCUT2D eigenvalue weighted by atomic mass is 35.5.